The molecule has 5 heteroatoms. The molecule has 2 aromatic rings. The average molecular weight is 211 g/mol. The van der Waals surface area contributed by atoms with E-state index in [9.17, 15) is 9.18 Å². The molecule has 15 heavy (non-hydrogen) atoms. The SMILES string of the molecule is CC(C)OC(=O)c1[nH]c2ccoc2c1F. The average Bonchev–Trinajstić information content (AvgIpc) is 2.67. The second kappa shape index (κ2) is 3.42. The lowest BCUT2D eigenvalue weighted by Gasteiger charge is -2.05. The standard InChI is InChI=1S/C10H10FNO3/c1-5(2)15-10(13)8-7(11)9-6(12-8)3-4-14-9/h3-5,12H,1-2H3. The summed E-state index contributed by atoms with van der Waals surface area (Å²) in [6.07, 6.45) is 1.06. The van der Waals surface area contributed by atoms with Gasteiger partial charge in [0.1, 0.15) is 0 Å². The number of aromatic amines is 1. The molecule has 2 aromatic heterocycles. The van der Waals surface area contributed by atoms with Crippen LogP contribution in [0.1, 0.15) is 24.3 Å². The third-order valence-corrected chi connectivity index (χ3v) is 1.89. The molecule has 0 spiro atoms. The van der Waals surface area contributed by atoms with Gasteiger partial charge in [-0.3, -0.25) is 0 Å². The molecule has 0 saturated heterocycles. The molecule has 2 rings (SSSR count). The summed E-state index contributed by atoms with van der Waals surface area (Å²) in [5.74, 6) is -1.42. The number of carbonyl (C=O) groups excluding carboxylic acids is 1. The largest absolute Gasteiger partial charge is 0.460 e. The molecule has 0 radical (unpaired) electrons. The van der Waals surface area contributed by atoms with Crippen LogP contribution in [0.2, 0.25) is 0 Å². The van der Waals surface area contributed by atoms with Crippen LogP contribution in [0, 0.1) is 5.82 Å². The molecule has 0 aliphatic heterocycles. The third-order valence-electron chi connectivity index (χ3n) is 1.89. The number of carbonyl (C=O) groups is 1. The molecule has 0 aliphatic rings. The summed E-state index contributed by atoms with van der Waals surface area (Å²) >= 11 is 0. The van der Waals surface area contributed by atoms with E-state index in [0.29, 0.717) is 5.52 Å². The highest BCUT2D eigenvalue weighted by Gasteiger charge is 2.21. The van der Waals surface area contributed by atoms with Crippen molar-refractivity contribution in [1.29, 1.82) is 0 Å². The second-order valence-corrected chi connectivity index (χ2v) is 3.43. The summed E-state index contributed by atoms with van der Waals surface area (Å²) in [6, 6.07) is 1.55. The zero-order valence-corrected chi connectivity index (χ0v) is 8.33. The quantitative estimate of drug-likeness (QED) is 0.776. The van der Waals surface area contributed by atoms with Crippen LogP contribution in [-0.4, -0.2) is 17.1 Å². The zero-order valence-electron chi connectivity index (χ0n) is 8.33. The van der Waals surface area contributed by atoms with Crippen molar-refractivity contribution >= 4 is 17.1 Å². The van der Waals surface area contributed by atoms with Crippen molar-refractivity contribution in [2.24, 2.45) is 0 Å². The normalized spacial score (nSPS) is 11.2. The monoisotopic (exact) mass is 211 g/mol. The number of fused-ring (bicyclic) bond motifs is 1. The number of hydrogen-bond acceptors (Lipinski definition) is 3. The van der Waals surface area contributed by atoms with Gasteiger partial charge in [0.25, 0.3) is 0 Å². The molecule has 1 N–H and O–H groups in total. The van der Waals surface area contributed by atoms with Crippen LogP contribution in [0.5, 0.6) is 0 Å². The van der Waals surface area contributed by atoms with Crippen LogP contribution in [0.3, 0.4) is 0 Å². The van der Waals surface area contributed by atoms with Gasteiger partial charge in [0.15, 0.2) is 17.1 Å². The molecule has 0 bridgehead atoms. The number of furan rings is 1. The number of nitrogens with one attached hydrogen (secondary N) is 1. The maximum Gasteiger partial charge on any atom is 0.358 e. The summed E-state index contributed by atoms with van der Waals surface area (Å²) in [4.78, 5) is 14.0. The van der Waals surface area contributed by atoms with Gasteiger partial charge in [0.05, 0.1) is 17.9 Å². The first kappa shape index (κ1) is 9.76. The molecule has 0 unspecified atom stereocenters. The number of esters is 1. The first-order valence-corrected chi connectivity index (χ1v) is 4.55. The third kappa shape index (κ3) is 1.60. The molecule has 0 atom stereocenters. The van der Waals surface area contributed by atoms with Crippen molar-refractivity contribution in [3.63, 3.8) is 0 Å². The Bertz CT molecular complexity index is 498. The summed E-state index contributed by atoms with van der Waals surface area (Å²) < 4.78 is 23.3. The van der Waals surface area contributed by atoms with E-state index in [-0.39, 0.29) is 17.4 Å². The molecule has 0 fully saturated rings. The smallest absolute Gasteiger partial charge is 0.358 e. The molecular weight excluding hydrogens is 201 g/mol. The highest BCUT2D eigenvalue weighted by Crippen LogP contribution is 2.22. The zero-order chi connectivity index (χ0) is 11.0. The summed E-state index contributed by atoms with van der Waals surface area (Å²) in [7, 11) is 0. The van der Waals surface area contributed by atoms with Crippen LogP contribution in [-0.2, 0) is 4.74 Å². The van der Waals surface area contributed by atoms with E-state index in [4.69, 9.17) is 9.15 Å². The minimum atomic E-state index is -0.714. The molecule has 80 valence electrons. The van der Waals surface area contributed by atoms with Gasteiger partial charge in [-0.25, -0.2) is 9.18 Å². The predicted octanol–water partition coefficient (Wildman–Crippen LogP) is 2.47. The molecule has 0 aliphatic carbocycles. The van der Waals surface area contributed by atoms with Gasteiger partial charge in [-0.05, 0) is 13.8 Å². The van der Waals surface area contributed by atoms with Crippen molar-refractivity contribution in [2.45, 2.75) is 20.0 Å². The lowest BCUT2D eigenvalue weighted by Crippen LogP contribution is -2.13. The fourth-order valence-electron chi connectivity index (χ4n) is 1.29. The summed E-state index contributed by atoms with van der Waals surface area (Å²) in [6.45, 7) is 3.39. The minimum absolute atomic E-state index is 0.0470. The van der Waals surface area contributed by atoms with E-state index >= 15 is 0 Å². The lowest BCUT2D eigenvalue weighted by atomic mass is 10.4. The summed E-state index contributed by atoms with van der Waals surface area (Å²) in [5, 5.41) is 0. The number of hydrogen-bond donors (Lipinski definition) is 1. The molecular formula is C10H10FNO3. The van der Waals surface area contributed by atoms with Crippen molar-refractivity contribution in [1.82, 2.24) is 4.98 Å². The summed E-state index contributed by atoms with van der Waals surface area (Å²) in [5.41, 5.74) is 0.298. The topological polar surface area (TPSA) is 55.2 Å². The highest BCUT2D eigenvalue weighted by molar-refractivity contribution is 5.93. The Morgan fingerprint density at radius 2 is 2.33 bits per heavy atom. The second-order valence-electron chi connectivity index (χ2n) is 3.43. The Hall–Kier alpha value is -1.78. The van der Waals surface area contributed by atoms with Crippen molar-refractivity contribution in [3.8, 4) is 0 Å². The number of ether oxygens (including phenoxy) is 1. The van der Waals surface area contributed by atoms with Crippen LogP contribution < -0.4 is 0 Å². The van der Waals surface area contributed by atoms with Gasteiger partial charge in [-0.1, -0.05) is 0 Å². The Balaban J connectivity index is 2.39. The number of H-pyrrole nitrogens is 1. The van der Waals surface area contributed by atoms with Crippen LogP contribution in [0.15, 0.2) is 16.7 Å². The van der Waals surface area contributed by atoms with E-state index in [1.165, 1.54) is 6.26 Å². The predicted molar refractivity (Wildman–Crippen MR) is 51.1 cm³/mol. The maximum atomic E-state index is 13.5. The Morgan fingerprint density at radius 3 is 2.93 bits per heavy atom. The first-order valence-electron chi connectivity index (χ1n) is 4.55. The fourth-order valence-corrected chi connectivity index (χ4v) is 1.29. The van der Waals surface area contributed by atoms with Crippen LogP contribution >= 0.6 is 0 Å². The molecule has 4 nitrogen and oxygen atoms in total. The molecule has 0 saturated carbocycles. The Kier molecular flexibility index (Phi) is 2.22. The Morgan fingerprint density at radius 1 is 1.60 bits per heavy atom. The van der Waals surface area contributed by atoms with E-state index in [0.717, 1.165) is 0 Å². The van der Waals surface area contributed by atoms with E-state index in [2.05, 4.69) is 4.98 Å². The maximum absolute atomic E-state index is 13.5. The Labute approximate surface area is 85.0 Å². The van der Waals surface area contributed by atoms with Gasteiger partial charge in [-0.2, -0.15) is 0 Å². The first-order chi connectivity index (χ1) is 7.09. The highest BCUT2D eigenvalue weighted by atomic mass is 19.1. The lowest BCUT2D eigenvalue weighted by molar-refractivity contribution is 0.0366. The number of rotatable bonds is 2. The van der Waals surface area contributed by atoms with Crippen molar-refractivity contribution in [3.05, 3.63) is 23.8 Å². The molecule has 2 heterocycles. The van der Waals surface area contributed by atoms with E-state index in [1.807, 2.05) is 0 Å². The van der Waals surface area contributed by atoms with Gasteiger partial charge < -0.3 is 14.1 Å². The number of halogens is 1. The van der Waals surface area contributed by atoms with Gasteiger partial charge in [-0.15, -0.1) is 0 Å². The van der Waals surface area contributed by atoms with Gasteiger partial charge in [0.2, 0.25) is 0 Å². The van der Waals surface area contributed by atoms with E-state index < -0.39 is 11.8 Å². The van der Waals surface area contributed by atoms with Gasteiger partial charge in [0, 0.05) is 6.07 Å². The van der Waals surface area contributed by atoms with Crippen molar-refractivity contribution < 1.29 is 18.3 Å². The van der Waals surface area contributed by atoms with Crippen molar-refractivity contribution in [2.75, 3.05) is 0 Å². The molecule has 0 amide bonds. The number of aromatic nitrogens is 1. The van der Waals surface area contributed by atoms with Crippen LogP contribution in [0.4, 0.5) is 4.39 Å². The van der Waals surface area contributed by atoms with E-state index in [1.54, 1.807) is 19.9 Å². The fraction of sp³-hybridized carbons (Fsp3) is 0.300. The minimum Gasteiger partial charge on any atom is -0.460 e. The molecule has 0 aromatic carbocycles. The van der Waals surface area contributed by atoms with Gasteiger partial charge >= 0.3 is 5.97 Å². The van der Waals surface area contributed by atoms with Crippen LogP contribution in [0.25, 0.3) is 11.1 Å².